The third-order valence-electron chi connectivity index (χ3n) is 3.42. The summed E-state index contributed by atoms with van der Waals surface area (Å²) in [5.74, 6) is -0.227. The first-order valence-electron chi connectivity index (χ1n) is 6.05. The number of hydrogen-bond acceptors (Lipinski definition) is 5. The van der Waals surface area contributed by atoms with Crippen LogP contribution in [-0.4, -0.2) is 53.1 Å². The molecule has 2 saturated heterocycles. The minimum Gasteiger partial charge on any atom is -0.390 e. The van der Waals surface area contributed by atoms with E-state index in [2.05, 4.69) is 0 Å². The molecule has 1 unspecified atom stereocenters. The standard InChI is InChI=1S/C12H22O5/c1-7-8(13)9(14)12(5-15-10(7)17-12)6-16-11(2,3)4/h7-10,13-14H,5-6H2,1-4H3/t7-,8-,9-,10?,12-/m1/s1. The van der Waals surface area contributed by atoms with Crippen molar-refractivity contribution in [2.24, 2.45) is 5.92 Å². The van der Waals surface area contributed by atoms with Gasteiger partial charge in [-0.05, 0) is 20.8 Å². The fourth-order valence-corrected chi connectivity index (χ4v) is 2.20. The van der Waals surface area contributed by atoms with E-state index in [1.807, 2.05) is 20.8 Å². The van der Waals surface area contributed by atoms with E-state index in [4.69, 9.17) is 14.2 Å². The second-order valence-corrected chi connectivity index (χ2v) is 6.06. The van der Waals surface area contributed by atoms with Gasteiger partial charge >= 0.3 is 0 Å². The van der Waals surface area contributed by atoms with E-state index in [0.29, 0.717) is 0 Å². The summed E-state index contributed by atoms with van der Waals surface area (Å²) in [6.07, 6.45) is -2.25. The van der Waals surface area contributed by atoms with Crippen LogP contribution in [0.4, 0.5) is 0 Å². The molecular formula is C12H22O5. The zero-order chi connectivity index (χ0) is 12.8. The SMILES string of the molecule is C[C@H]1C2OC[C@](COC(C)(C)C)(O2)[C@H](O)[C@@H]1O. The summed E-state index contributed by atoms with van der Waals surface area (Å²) in [5, 5.41) is 20.1. The molecule has 2 rings (SSSR count). The summed E-state index contributed by atoms with van der Waals surface area (Å²) in [6, 6.07) is 0. The Hall–Kier alpha value is -0.200. The van der Waals surface area contributed by atoms with Crippen LogP contribution in [0.5, 0.6) is 0 Å². The van der Waals surface area contributed by atoms with Gasteiger partial charge in [0.2, 0.25) is 0 Å². The van der Waals surface area contributed by atoms with Crippen molar-refractivity contribution in [2.75, 3.05) is 13.2 Å². The van der Waals surface area contributed by atoms with Crippen molar-refractivity contribution in [1.82, 2.24) is 0 Å². The normalized spacial score (nSPS) is 46.2. The van der Waals surface area contributed by atoms with E-state index in [-0.39, 0.29) is 24.7 Å². The summed E-state index contributed by atoms with van der Waals surface area (Å²) < 4.78 is 16.9. The molecule has 0 spiro atoms. The Kier molecular flexibility index (Phi) is 3.25. The lowest BCUT2D eigenvalue weighted by atomic mass is 9.86. The summed E-state index contributed by atoms with van der Waals surface area (Å²) in [4.78, 5) is 0. The van der Waals surface area contributed by atoms with Gasteiger partial charge in [-0.3, -0.25) is 0 Å². The third-order valence-corrected chi connectivity index (χ3v) is 3.42. The molecule has 0 radical (unpaired) electrons. The highest BCUT2D eigenvalue weighted by molar-refractivity contribution is 5.02. The van der Waals surface area contributed by atoms with E-state index >= 15 is 0 Å². The molecule has 100 valence electrons. The monoisotopic (exact) mass is 246 g/mol. The second kappa shape index (κ2) is 4.17. The summed E-state index contributed by atoms with van der Waals surface area (Å²) in [6.45, 7) is 8.09. The van der Waals surface area contributed by atoms with Gasteiger partial charge < -0.3 is 24.4 Å². The van der Waals surface area contributed by atoms with E-state index < -0.39 is 24.1 Å². The van der Waals surface area contributed by atoms with Gasteiger partial charge in [0.25, 0.3) is 0 Å². The largest absolute Gasteiger partial charge is 0.390 e. The Balaban J connectivity index is 2.09. The van der Waals surface area contributed by atoms with Crippen LogP contribution in [0.15, 0.2) is 0 Å². The quantitative estimate of drug-likeness (QED) is 0.732. The highest BCUT2D eigenvalue weighted by Gasteiger charge is 2.58. The maximum Gasteiger partial charge on any atom is 0.163 e. The van der Waals surface area contributed by atoms with Crippen molar-refractivity contribution in [3.05, 3.63) is 0 Å². The molecule has 17 heavy (non-hydrogen) atoms. The molecule has 5 atom stereocenters. The molecule has 0 aromatic carbocycles. The molecule has 0 saturated carbocycles. The first-order chi connectivity index (χ1) is 7.75. The molecular weight excluding hydrogens is 224 g/mol. The Morgan fingerprint density at radius 2 is 2.00 bits per heavy atom. The van der Waals surface area contributed by atoms with E-state index in [1.165, 1.54) is 0 Å². The molecule has 2 aliphatic rings. The zero-order valence-corrected chi connectivity index (χ0v) is 10.8. The lowest BCUT2D eigenvalue weighted by molar-refractivity contribution is -0.254. The smallest absolute Gasteiger partial charge is 0.163 e. The van der Waals surface area contributed by atoms with Crippen LogP contribution in [0, 0.1) is 5.92 Å². The van der Waals surface area contributed by atoms with Gasteiger partial charge in [0.1, 0.15) is 11.7 Å². The zero-order valence-electron chi connectivity index (χ0n) is 10.8. The van der Waals surface area contributed by atoms with Gasteiger partial charge in [0.05, 0.1) is 24.9 Å². The molecule has 5 heteroatoms. The van der Waals surface area contributed by atoms with Crippen LogP contribution in [0.3, 0.4) is 0 Å². The fraction of sp³-hybridized carbons (Fsp3) is 1.00. The highest BCUT2D eigenvalue weighted by atomic mass is 16.7. The Morgan fingerprint density at radius 3 is 2.59 bits per heavy atom. The van der Waals surface area contributed by atoms with Gasteiger partial charge in [0.15, 0.2) is 6.29 Å². The molecule has 2 fully saturated rings. The second-order valence-electron chi connectivity index (χ2n) is 6.06. The molecule has 2 aliphatic heterocycles. The summed E-state index contributed by atoms with van der Waals surface area (Å²) in [7, 11) is 0. The van der Waals surface area contributed by atoms with Crippen molar-refractivity contribution in [3.63, 3.8) is 0 Å². The van der Waals surface area contributed by atoms with Crippen molar-refractivity contribution < 1.29 is 24.4 Å². The first-order valence-corrected chi connectivity index (χ1v) is 6.05. The molecule has 0 amide bonds. The molecule has 0 aromatic heterocycles. The lowest BCUT2D eigenvalue weighted by Gasteiger charge is -2.42. The molecule has 5 nitrogen and oxygen atoms in total. The average molecular weight is 246 g/mol. The lowest BCUT2D eigenvalue weighted by Crippen LogP contribution is -2.60. The number of aliphatic hydroxyl groups excluding tert-OH is 2. The van der Waals surface area contributed by atoms with Crippen LogP contribution in [0.2, 0.25) is 0 Å². The minimum absolute atomic E-state index is 0.220. The molecule has 0 aromatic rings. The maximum absolute atomic E-state index is 10.1. The first kappa shape index (κ1) is 13.2. The maximum atomic E-state index is 10.1. The summed E-state index contributed by atoms with van der Waals surface area (Å²) in [5.41, 5.74) is -1.24. The van der Waals surface area contributed by atoms with Crippen molar-refractivity contribution in [1.29, 1.82) is 0 Å². The van der Waals surface area contributed by atoms with Gasteiger partial charge in [0, 0.05) is 5.92 Å². The third kappa shape index (κ3) is 2.35. The fourth-order valence-electron chi connectivity index (χ4n) is 2.20. The van der Waals surface area contributed by atoms with E-state index in [1.54, 1.807) is 6.92 Å². The van der Waals surface area contributed by atoms with Gasteiger partial charge in [-0.15, -0.1) is 0 Å². The van der Waals surface area contributed by atoms with Gasteiger partial charge in [-0.25, -0.2) is 0 Å². The number of hydrogen-bond donors (Lipinski definition) is 2. The Labute approximate surface area is 102 Å². The van der Waals surface area contributed by atoms with Crippen molar-refractivity contribution in [3.8, 4) is 0 Å². The number of ether oxygens (including phenoxy) is 3. The van der Waals surface area contributed by atoms with Crippen molar-refractivity contribution >= 4 is 0 Å². The molecule has 0 aliphatic carbocycles. The summed E-state index contributed by atoms with van der Waals surface area (Å²) >= 11 is 0. The van der Waals surface area contributed by atoms with Crippen LogP contribution in [-0.2, 0) is 14.2 Å². The van der Waals surface area contributed by atoms with E-state index in [0.717, 1.165) is 0 Å². The topological polar surface area (TPSA) is 68.2 Å². The van der Waals surface area contributed by atoms with Crippen LogP contribution >= 0.6 is 0 Å². The predicted molar refractivity (Wildman–Crippen MR) is 60.4 cm³/mol. The van der Waals surface area contributed by atoms with Crippen molar-refractivity contribution in [2.45, 2.75) is 57.4 Å². The number of rotatable bonds is 2. The minimum atomic E-state index is -0.974. The Morgan fingerprint density at radius 1 is 1.35 bits per heavy atom. The van der Waals surface area contributed by atoms with E-state index in [9.17, 15) is 10.2 Å². The predicted octanol–water partition coefficient (Wildman–Crippen LogP) is 0.285. The van der Waals surface area contributed by atoms with Crippen LogP contribution in [0.1, 0.15) is 27.7 Å². The number of fused-ring (bicyclic) bond motifs is 2. The molecule has 2 bridgehead atoms. The van der Waals surface area contributed by atoms with Gasteiger partial charge in [-0.1, -0.05) is 6.92 Å². The van der Waals surface area contributed by atoms with Crippen LogP contribution < -0.4 is 0 Å². The number of aliphatic hydroxyl groups is 2. The Bertz CT molecular complexity index is 287. The van der Waals surface area contributed by atoms with Gasteiger partial charge in [-0.2, -0.15) is 0 Å². The molecule has 2 N–H and O–H groups in total. The van der Waals surface area contributed by atoms with Crippen LogP contribution in [0.25, 0.3) is 0 Å². The molecule has 2 heterocycles. The highest BCUT2D eigenvalue weighted by Crippen LogP contribution is 2.40. The average Bonchev–Trinajstić information content (AvgIpc) is 2.64.